The highest BCUT2D eigenvalue weighted by molar-refractivity contribution is 8.00. The number of carbonyl (C=O) groups is 1. The lowest BCUT2D eigenvalue weighted by Crippen LogP contribution is -2.22. The van der Waals surface area contributed by atoms with E-state index in [9.17, 15) is 4.79 Å². The summed E-state index contributed by atoms with van der Waals surface area (Å²) in [7, 11) is 0. The number of benzene rings is 2. The zero-order valence-electron chi connectivity index (χ0n) is 14.8. The van der Waals surface area contributed by atoms with Crippen LogP contribution in [0.4, 0.5) is 5.69 Å². The van der Waals surface area contributed by atoms with Crippen molar-refractivity contribution in [1.29, 1.82) is 0 Å². The normalized spacial score (nSPS) is 13.8. The van der Waals surface area contributed by atoms with Crippen molar-refractivity contribution in [3.05, 3.63) is 42.5 Å². The second-order valence-corrected chi connectivity index (χ2v) is 7.59. The Labute approximate surface area is 163 Å². The number of ether oxygens (including phenoxy) is 2. The molecule has 0 bridgehead atoms. The summed E-state index contributed by atoms with van der Waals surface area (Å²) < 4.78 is 10.6. The molecule has 3 heterocycles. The van der Waals surface area contributed by atoms with Gasteiger partial charge in [0.25, 0.3) is 0 Å². The highest BCUT2D eigenvalue weighted by Crippen LogP contribution is 2.34. The minimum absolute atomic E-state index is 0.163. The third-order valence-corrected chi connectivity index (χ3v) is 5.35. The molecule has 2 N–H and O–H groups in total. The molecular weight excluding hydrogens is 378 g/mol. The van der Waals surface area contributed by atoms with E-state index in [0.29, 0.717) is 28.0 Å². The van der Waals surface area contributed by atoms with Crippen molar-refractivity contribution in [3.63, 3.8) is 0 Å². The van der Waals surface area contributed by atoms with E-state index in [4.69, 9.17) is 9.47 Å². The van der Waals surface area contributed by atoms with Crippen LogP contribution in [-0.2, 0) is 4.79 Å². The van der Waals surface area contributed by atoms with Crippen LogP contribution in [0.2, 0.25) is 0 Å². The molecule has 28 heavy (non-hydrogen) atoms. The molecule has 0 saturated heterocycles. The molecule has 0 radical (unpaired) electrons. The minimum atomic E-state index is -0.408. The van der Waals surface area contributed by atoms with Crippen LogP contribution in [0.5, 0.6) is 11.5 Å². The van der Waals surface area contributed by atoms with Gasteiger partial charge in [-0.05, 0) is 25.1 Å². The van der Waals surface area contributed by atoms with Gasteiger partial charge in [-0.15, -0.1) is 10.2 Å². The summed E-state index contributed by atoms with van der Waals surface area (Å²) in [5, 5.41) is 12.3. The van der Waals surface area contributed by atoms with E-state index in [-0.39, 0.29) is 12.7 Å². The number of nitrogens with one attached hydrogen (secondary N) is 2. The standard InChI is InChI=1S/C19H15N5O3S/c1-10(18(25)20-11-6-7-14-15(8-11)27-9-26-14)28-19-22-17-16(23-24-19)12-4-2-3-5-13(12)21-17/h2-8,10H,9H2,1H3,(H,20,25)(H,21,22,24). The Morgan fingerprint density at radius 1 is 1.18 bits per heavy atom. The molecule has 2 aromatic heterocycles. The number of amides is 1. The van der Waals surface area contributed by atoms with E-state index in [1.807, 2.05) is 24.3 Å². The van der Waals surface area contributed by atoms with Crippen molar-refractivity contribution in [3.8, 4) is 11.5 Å². The van der Waals surface area contributed by atoms with Gasteiger partial charge in [0.2, 0.25) is 17.9 Å². The third kappa shape index (κ3) is 2.99. The number of fused-ring (bicyclic) bond motifs is 4. The zero-order chi connectivity index (χ0) is 19.1. The number of aromatic nitrogens is 4. The maximum absolute atomic E-state index is 12.5. The van der Waals surface area contributed by atoms with Crippen LogP contribution in [0, 0.1) is 0 Å². The predicted molar refractivity (Wildman–Crippen MR) is 106 cm³/mol. The summed E-state index contributed by atoms with van der Waals surface area (Å²) in [6.07, 6.45) is 0. The second-order valence-electron chi connectivity index (χ2n) is 6.28. The first-order chi connectivity index (χ1) is 13.7. The van der Waals surface area contributed by atoms with Crippen molar-refractivity contribution in [2.75, 3.05) is 12.1 Å². The van der Waals surface area contributed by atoms with Crippen LogP contribution in [0.1, 0.15) is 6.92 Å². The molecule has 4 aromatic rings. The number of aromatic amines is 1. The van der Waals surface area contributed by atoms with E-state index >= 15 is 0 Å². The first kappa shape index (κ1) is 16.8. The highest BCUT2D eigenvalue weighted by Gasteiger charge is 2.19. The Morgan fingerprint density at radius 3 is 2.96 bits per heavy atom. The Hall–Kier alpha value is -3.33. The SMILES string of the molecule is CC(Sc1nnc2c(n1)[nH]c1ccccc12)C(=O)Nc1ccc2c(c1)OCO2. The first-order valence-corrected chi connectivity index (χ1v) is 9.54. The number of nitrogens with zero attached hydrogens (tertiary/aromatic N) is 3. The van der Waals surface area contributed by atoms with Crippen LogP contribution in [0.15, 0.2) is 47.6 Å². The average molecular weight is 393 g/mol. The Kier molecular flexibility index (Phi) is 4.01. The van der Waals surface area contributed by atoms with Gasteiger partial charge >= 0.3 is 0 Å². The number of para-hydroxylation sites is 1. The molecule has 1 atom stereocenters. The van der Waals surface area contributed by atoms with Crippen molar-refractivity contribution >= 4 is 45.4 Å². The summed E-state index contributed by atoms with van der Waals surface area (Å²) in [5.74, 6) is 1.13. The molecule has 1 aliphatic rings. The molecule has 0 fully saturated rings. The summed E-state index contributed by atoms with van der Waals surface area (Å²) in [5.41, 5.74) is 2.97. The minimum Gasteiger partial charge on any atom is -0.454 e. The Morgan fingerprint density at radius 2 is 2.04 bits per heavy atom. The monoisotopic (exact) mass is 393 g/mol. The molecular formula is C19H15N5O3S. The first-order valence-electron chi connectivity index (χ1n) is 8.66. The number of hydrogen-bond acceptors (Lipinski definition) is 7. The molecule has 1 amide bonds. The molecule has 140 valence electrons. The van der Waals surface area contributed by atoms with Crippen LogP contribution >= 0.6 is 11.8 Å². The molecule has 1 unspecified atom stereocenters. The molecule has 0 spiro atoms. The predicted octanol–water partition coefficient (Wildman–Crippen LogP) is 3.35. The largest absolute Gasteiger partial charge is 0.454 e. The van der Waals surface area contributed by atoms with Crippen molar-refractivity contribution in [2.24, 2.45) is 0 Å². The van der Waals surface area contributed by atoms with Gasteiger partial charge in [-0.2, -0.15) is 0 Å². The highest BCUT2D eigenvalue weighted by atomic mass is 32.2. The fraction of sp³-hybridized carbons (Fsp3) is 0.158. The van der Waals surface area contributed by atoms with Crippen LogP contribution in [0.3, 0.4) is 0 Å². The Bertz CT molecular complexity index is 1210. The molecule has 5 rings (SSSR count). The van der Waals surface area contributed by atoms with E-state index < -0.39 is 5.25 Å². The van der Waals surface area contributed by atoms with Gasteiger partial charge in [-0.3, -0.25) is 4.79 Å². The number of H-pyrrole nitrogens is 1. The van der Waals surface area contributed by atoms with Gasteiger partial charge in [-0.1, -0.05) is 30.0 Å². The fourth-order valence-corrected chi connectivity index (χ4v) is 3.70. The van der Waals surface area contributed by atoms with E-state index in [1.54, 1.807) is 25.1 Å². The smallest absolute Gasteiger partial charge is 0.237 e. The molecule has 0 saturated carbocycles. The number of hydrogen-bond donors (Lipinski definition) is 2. The summed E-state index contributed by atoms with van der Waals surface area (Å²) >= 11 is 1.25. The number of anilines is 1. The fourth-order valence-electron chi connectivity index (χ4n) is 2.99. The van der Waals surface area contributed by atoms with Crippen molar-refractivity contribution in [1.82, 2.24) is 20.2 Å². The van der Waals surface area contributed by atoms with Gasteiger partial charge in [0.15, 0.2) is 17.1 Å². The van der Waals surface area contributed by atoms with Gasteiger partial charge in [-0.25, -0.2) is 4.98 Å². The maximum Gasteiger partial charge on any atom is 0.237 e. The summed E-state index contributed by atoms with van der Waals surface area (Å²) in [4.78, 5) is 20.3. The quantitative estimate of drug-likeness (QED) is 0.513. The summed E-state index contributed by atoms with van der Waals surface area (Å²) in [6, 6.07) is 13.1. The molecule has 1 aliphatic heterocycles. The lowest BCUT2D eigenvalue weighted by atomic mass is 10.2. The van der Waals surface area contributed by atoms with Gasteiger partial charge in [0.05, 0.1) is 5.25 Å². The van der Waals surface area contributed by atoms with Crippen molar-refractivity contribution in [2.45, 2.75) is 17.3 Å². The number of rotatable bonds is 4. The van der Waals surface area contributed by atoms with E-state index in [1.165, 1.54) is 11.8 Å². The van der Waals surface area contributed by atoms with Crippen LogP contribution < -0.4 is 14.8 Å². The molecule has 0 aliphatic carbocycles. The second kappa shape index (κ2) is 6.68. The van der Waals surface area contributed by atoms with Gasteiger partial charge in [0, 0.05) is 22.7 Å². The molecule has 8 nitrogen and oxygen atoms in total. The van der Waals surface area contributed by atoms with Crippen LogP contribution in [-0.4, -0.2) is 38.1 Å². The van der Waals surface area contributed by atoms with E-state index in [2.05, 4.69) is 25.5 Å². The molecule has 2 aromatic carbocycles. The third-order valence-electron chi connectivity index (χ3n) is 4.39. The molecule has 9 heteroatoms. The topological polar surface area (TPSA) is 102 Å². The average Bonchev–Trinajstić information content (AvgIpc) is 3.31. The Balaban J connectivity index is 1.32. The number of carbonyl (C=O) groups excluding carboxylic acids is 1. The summed E-state index contributed by atoms with van der Waals surface area (Å²) in [6.45, 7) is 1.99. The van der Waals surface area contributed by atoms with E-state index in [0.717, 1.165) is 16.4 Å². The van der Waals surface area contributed by atoms with Gasteiger partial charge in [0.1, 0.15) is 5.52 Å². The number of thioether (sulfide) groups is 1. The lowest BCUT2D eigenvalue weighted by molar-refractivity contribution is -0.115. The maximum atomic E-state index is 12.5. The lowest BCUT2D eigenvalue weighted by Gasteiger charge is -2.11. The van der Waals surface area contributed by atoms with Gasteiger partial charge < -0.3 is 19.8 Å². The van der Waals surface area contributed by atoms with Crippen LogP contribution in [0.25, 0.3) is 22.1 Å². The zero-order valence-corrected chi connectivity index (χ0v) is 15.6. The van der Waals surface area contributed by atoms with Crippen molar-refractivity contribution < 1.29 is 14.3 Å².